The Morgan fingerprint density at radius 3 is 2.55 bits per heavy atom. The number of carbonyl (C=O) groups is 1. The summed E-state index contributed by atoms with van der Waals surface area (Å²) < 4.78 is 0.923. The van der Waals surface area contributed by atoms with E-state index in [1.54, 1.807) is 6.07 Å². The minimum absolute atomic E-state index is 0.245. The fourth-order valence-electron chi connectivity index (χ4n) is 1.93. The number of nitrogens with one attached hydrogen (secondary N) is 1. The summed E-state index contributed by atoms with van der Waals surface area (Å²) >= 11 is 3.36. The molecule has 1 unspecified atom stereocenters. The maximum Gasteiger partial charge on any atom is 0.252 e. The topological polar surface area (TPSA) is 52.9 Å². The lowest BCUT2D eigenvalue weighted by atomic mass is 10.1. The molecular weight excluding hydrogens is 316 g/mol. The number of benzene rings is 2. The molecule has 2 aromatic carbocycles. The van der Waals surface area contributed by atoms with E-state index in [0.717, 1.165) is 15.6 Å². The van der Waals surface area contributed by atoms with E-state index in [9.17, 15) is 10.1 Å². The van der Waals surface area contributed by atoms with Gasteiger partial charge >= 0.3 is 0 Å². The van der Waals surface area contributed by atoms with E-state index in [2.05, 4.69) is 27.3 Å². The predicted molar refractivity (Wildman–Crippen MR) is 81.1 cm³/mol. The molecule has 0 aliphatic carbocycles. The Hall–Kier alpha value is -2.12. The molecule has 4 heteroatoms. The smallest absolute Gasteiger partial charge is 0.252 e. The molecule has 0 saturated carbocycles. The van der Waals surface area contributed by atoms with E-state index in [1.165, 1.54) is 0 Å². The molecule has 0 aliphatic rings. The normalized spacial score (nSPS) is 11.4. The van der Waals surface area contributed by atoms with Gasteiger partial charge in [0.15, 0.2) is 0 Å². The van der Waals surface area contributed by atoms with Gasteiger partial charge in [-0.05, 0) is 36.2 Å². The van der Waals surface area contributed by atoms with Gasteiger partial charge in [-0.15, -0.1) is 0 Å². The van der Waals surface area contributed by atoms with Crippen molar-refractivity contribution in [3.8, 4) is 6.07 Å². The van der Waals surface area contributed by atoms with Crippen molar-refractivity contribution in [1.82, 2.24) is 5.32 Å². The standard InChI is InChI=1S/C16H13BrN2O/c1-11-9-13(17)7-8-14(11)16(20)19-15(10-18)12-5-3-2-4-6-12/h2-9,15H,1H3,(H,19,20). The van der Waals surface area contributed by atoms with Crippen LogP contribution in [0.3, 0.4) is 0 Å². The Labute approximate surface area is 126 Å². The maximum absolute atomic E-state index is 12.2. The van der Waals surface area contributed by atoms with Crippen LogP contribution in [0.2, 0.25) is 0 Å². The van der Waals surface area contributed by atoms with Crippen molar-refractivity contribution in [1.29, 1.82) is 5.26 Å². The number of nitrogens with zero attached hydrogens (tertiary/aromatic N) is 1. The van der Waals surface area contributed by atoms with Crippen LogP contribution in [0.5, 0.6) is 0 Å². The van der Waals surface area contributed by atoms with Crippen LogP contribution in [-0.2, 0) is 0 Å². The van der Waals surface area contributed by atoms with E-state index in [4.69, 9.17) is 0 Å². The Bertz CT molecular complexity index is 662. The molecule has 1 amide bonds. The predicted octanol–water partition coefficient (Wildman–Crippen LogP) is 3.75. The van der Waals surface area contributed by atoms with Crippen LogP contribution in [0.25, 0.3) is 0 Å². The average Bonchev–Trinajstić information content (AvgIpc) is 2.45. The number of aryl methyl sites for hydroxylation is 1. The third kappa shape index (κ3) is 3.25. The fourth-order valence-corrected chi connectivity index (χ4v) is 2.40. The molecule has 0 bridgehead atoms. The van der Waals surface area contributed by atoms with Gasteiger partial charge in [0.25, 0.3) is 5.91 Å². The first kappa shape index (κ1) is 14.3. The molecule has 0 aromatic heterocycles. The number of nitriles is 1. The molecule has 0 aliphatic heterocycles. The zero-order valence-electron chi connectivity index (χ0n) is 10.9. The molecule has 3 nitrogen and oxygen atoms in total. The molecule has 2 rings (SSSR count). The molecule has 1 N–H and O–H groups in total. The van der Waals surface area contributed by atoms with Gasteiger partial charge < -0.3 is 5.32 Å². The highest BCUT2D eigenvalue weighted by Gasteiger charge is 2.16. The Kier molecular flexibility index (Phi) is 4.54. The van der Waals surface area contributed by atoms with Crippen molar-refractivity contribution < 1.29 is 4.79 Å². The summed E-state index contributed by atoms with van der Waals surface area (Å²) in [6.07, 6.45) is 0. The van der Waals surface area contributed by atoms with Crippen molar-refractivity contribution in [2.24, 2.45) is 0 Å². The fraction of sp³-hybridized carbons (Fsp3) is 0.125. The van der Waals surface area contributed by atoms with Crippen molar-refractivity contribution in [3.05, 3.63) is 69.7 Å². The van der Waals surface area contributed by atoms with Gasteiger partial charge in [0, 0.05) is 10.0 Å². The molecule has 0 heterocycles. The third-order valence-electron chi connectivity index (χ3n) is 2.97. The maximum atomic E-state index is 12.2. The molecule has 0 fully saturated rings. The van der Waals surface area contributed by atoms with Crippen LogP contribution >= 0.6 is 15.9 Å². The van der Waals surface area contributed by atoms with Gasteiger partial charge in [0.2, 0.25) is 0 Å². The summed E-state index contributed by atoms with van der Waals surface area (Å²) in [5, 5.41) is 12.0. The van der Waals surface area contributed by atoms with Crippen LogP contribution < -0.4 is 5.32 Å². The van der Waals surface area contributed by atoms with Crippen molar-refractivity contribution in [2.75, 3.05) is 0 Å². The Morgan fingerprint density at radius 2 is 1.95 bits per heavy atom. The van der Waals surface area contributed by atoms with Gasteiger partial charge in [-0.25, -0.2) is 0 Å². The van der Waals surface area contributed by atoms with Gasteiger partial charge in [0.05, 0.1) is 6.07 Å². The minimum atomic E-state index is -0.647. The second kappa shape index (κ2) is 6.36. The largest absolute Gasteiger partial charge is 0.332 e. The highest BCUT2D eigenvalue weighted by atomic mass is 79.9. The van der Waals surface area contributed by atoms with E-state index in [1.807, 2.05) is 49.4 Å². The minimum Gasteiger partial charge on any atom is -0.332 e. The molecule has 100 valence electrons. The van der Waals surface area contributed by atoms with Gasteiger partial charge in [-0.2, -0.15) is 5.26 Å². The number of hydrogen-bond donors (Lipinski definition) is 1. The molecular formula is C16H13BrN2O. The monoisotopic (exact) mass is 328 g/mol. The van der Waals surface area contributed by atoms with E-state index >= 15 is 0 Å². The summed E-state index contributed by atoms with van der Waals surface area (Å²) in [6, 6.07) is 16.1. The lowest BCUT2D eigenvalue weighted by molar-refractivity contribution is 0.0944. The Balaban J connectivity index is 2.20. The van der Waals surface area contributed by atoms with E-state index < -0.39 is 6.04 Å². The van der Waals surface area contributed by atoms with Crippen molar-refractivity contribution >= 4 is 21.8 Å². The van der Waals surface area contributed by atoms with Crippen LogP contribution in [0.1, 0.15) is 27.5 Å². The quantitative estimate of drug-likeness (QED) is 0.932. The number of halogens is 1. The SMILES string of the molecule is Cc1cc(Br)ccc1C(=O)NC(C#N)c1ccccc1. The summed E-state index contributed by atoms with van der Waals surface area (Å²) in [5.74, 6) is -0.245. The zero-order valence-corrected chi connectivity index (χ0v) is 12.5. The second-order valence-electron chi connectivity index (χ2n) is 4.41. The van der Waals surface area contributed by atoms with Crippen LogP contribution in [0.15, 0.2) is 53.0 Å². The van der Waals surface area contributed by atoms with Crippen molar-refractivity contribution in [3.63, 3.8) is 0 Å². The van der Waals surface area contributed by atoms with Crippen molar-refractivity contribution in [2.45, 2.75) is 13.0 Å². The number of amides is 1. The van der Waals surface area contributed by atoms with Crippen LogP contribution in [-0.4, -0.2) is 5.91 Å². The highest BCUT2D eigenvalue weighted by Crippen LogP contribution is 2.17. The lowest BCUT2D eigenvalue weighted by Crippen LogP contribution is -2.28. The van der Waals surface area contributed by atoms with Gasteiger partial charge in [0.1, 0.15) is 6.04 Å². The first-order chi connectivity index (χ1) is 9.61. The van der Waals surface area contributed by atoms with Crippen LogP contribution in [0, 0.1) is 18.3 Å². The zero-order chi connectivity index (χ0) is 14.5. The summed E-state index contributed by atoms with van der Waals surface area (Å²) in [6.45, 7) is 1.86. The molecule has 0 radical (unpaired) electrons. The number of rotatable bonds is 3. The summed E-state index contributed by atoms with van der Waals surface area (Å²) in [5.41, 5.74) is 2.21. The average molecular weight is 329 g/mol. The highest BCUT2D eigenvalue weighted by molar-refractivity contribution is 9.10. The lowest BCUT2D eigenvalue weighted by Gasteiger charge is -2.13. The van der Waals surface area contributed by atoms with Crippen LogP contribution in [0.4, 0.5) is 0 Å². The summed E-state index contributed by atoms with van der Waals surface area (Å²) in [7, 11) is 0. The molecule has 0 spiro atoms. The molecule has 0 saturated heterocycles. The molecule has 1 atom stereocenters. The number of carbonyl (C=O) groups excluding carboxylic acids is 1. The number of hydrogen-bond acceptors (Lipinski definition) is 2. The van der Waals surface area contributed by atoms with E-state index in [-0.39, 0.29) is 5.91 Å². The molecule has 20 heavy (non-hydrogen) atoms. The Morgan fingerprint density at radius 1 is 1.25 bits per heavy atom. The summed E-state index contributed by atoms with van der Waals surface area (Å²) in [4.78, 5) is 12.2. The van der Waals surface area contributed by atoms with E-state index in [0.29, 0.717) is 5.56 Å². The first-order valence-electron chi connectivity index (χ1n) is 6.13. The second-order valence-corrected chi connectivity index (χ2v) is 5.32. The van der Waals surface area contributed by atoms with Gasteiger partial charge in [-0.1, -0.05) is 46.3 Å². The first-order valence-corrected chi connectivity index (χ1v) is 6.92. The van der Waals surface area contributed by atoms with Gasteiger partial charge in [-0.3, -0.25) is 4.79 Å². The molecule has 2 aromatic rings. The third-order valence-corrected chi connectivity index (χ3v) is 3.46.